The monoisotopic (exact) mass is 381 g/mol. The van der Waals surface area contributed by atoms with E-state index in [-0.39, 0.29) is 0 Å². The minimum absolute atomic E-state index is 0.510. The van der Waals surface area contributed by atoms with Gasteiger partial charge >= 0.3 is 0 Å². The van der Waals surface area contributed by atoms with Gasteiger partial charge in [0.15, 0.2) is 0 Å². The molecule has 2 atom stereocenters. The van der Waals surface area contributed by atoms with Crippen molar-refractivity contribution in [3.8, 4) is 6.07 Å². The van der Waals surface area contributed by atoms with E-state index < -0.39 is 0 Å². The van der Waals surface area contributed by atoms with Gasteiger partial charge in [-0.2, -0.15) is 5.26 Å². The van der Waals surface area contributed by atoms with Gasteiger partial charge in [-0.15, -0.1) is 0 Å². The quantitative estimate of drug-likeness (QED) is 0.371. The number of hydrogen-bond acceptors (Lipinski definition) is 3. The Hall–Kier alpha value is -2.34. The number of rotatable bonds is 8. The van der Waals surface area contributed by atoms with Gasteiger partial charge < -0.3 is 4.74 Å². The van der Waals surface area contributed by atoms with E-state index in [1.165, 1.54) is 41.5 Å². The molecule has 3 nitrogen and oxygen atoms in total. The minimum atomic E-state index is 0.510. The number of carbonyl (C=O) groups is 1. The van der Waals surface area contributed by atoms with Crippen LogP contribution in [0.5, 0.6) is 0 Å². The summed E-state index contributed by atoms with van der Waals surface area (Å²) in [6, 6.07) is 12.8. The summed E-state index contributed by atoms with van der Waals surface area (Å²) in [7, 11) is 0. The van der Waals surface area contributed by atoms with Crippen LogP contribution in [-0.2, 0) is 9.53 Å². The molecule has 0 bridgehead atoms. The van der Waals surface area contributed by atoms with Gasteiger partial charge in [0.25, 0.3) is 6.47 Å². The van der Waals surface area contributed by atoms with Crippen LogP contribution in [0, 0.1) is 23.2 Å². The SMILES string of the molecule is CC1=C(c2ccccc2)C(C)C/C1=C(\C)C#N.CCCCC(CC)COC=O. The van der Waals surface area contributed by atoms with Crippen LogP contribution in [0.4, 0.5) is 0 Å². The maximum absolute atomic E-state index is 9.88. The number of nitriles is 1. The summed E-state index contributed by atoms with van der Waals surface area (Å²) >= 11 is 0. The summed E-state index contributed by atoms with van der Waals surface area (Å²) in [6.45, 7) is 11.7. The molecular weight excluding hydrogens is 346 g/mol. The molecule has 0 aromatic heterocycles. The van der Waals surface area contributed by atoms with Crippen LogP contribution in [0.1, 0.15) is 72.3 Å². The molecule has 0 radical (unpaired) electrons. The van der Waals surface area contributed by atoms with Gasteiger partial charge in [0.05, 0.1) is 12.7 Å². The van der Waals surface area contributed by atoms with Gasteiger partial charge in [0.2, 0.25) is 0 Å². The normalized spacial score (nSPS) is 18.6. The summed E-state index contributed by atoms with van der Waals surface area (Å²) in [6.07, 6.45) is 5.74. The Kier molecular flexibility index (Phi) is 11.0. The van der Waals surface area contributed by atoms with Crippen molar-refractivity contribution in [3.05, 3.63) is 52.6 Å². The molecule has 0 N–H and O–H groups in total. The summed E-state index contributed by atoms with van der Waals surface area (Å²) in [5.74, 6) is 1.08. The zero-order chi connectivity index (χ0) is 20.9. The van der Waals surface area contributed by atoms with Gasteiger partial charge in [-0.1, -0.05) is 70.4 Å². The van der Waals surface area contributed by atoms with Gasteiger partial charge in [-0.25, -0.2) is 0 Å². The average Bonchev–Trinajstić information content (AvgIpc) is 3.02. The van der Waals surface area contributed by atoms with Gasteiger partial charge in [-0.3, -0.25) is 4.79 Å². The standard InChI is InChI=1S/C16H17N.C9H18O2/c1-11-9-15(12(2)10-17)13(3)16(11)14-7-5-4-6-8-14;1-3-5-6-9(4-2)7-11-8-10/h4-8,11H,9H2,1-3H3;8-9H,3-7H2,1-2H3/b15-12-;. The highest BCUT2D eigenvalue weighted by molar-refractivity contribution is 5.77. The van der Waals surface area contributed by atoms with E-state index >= 15 is 0 Å². The molecule has 0 aliphatic heterocycles. The number of ether oxygens (including phenoxy) is 1. The lowest BCUT2D eigenvalue weighted by atomic mass is 9.95. The van der Waals surface area contributed by atoms with Crippen molar-refractivity contribution in [2.75, 3.05) is 6.61 Å². The Bertz CT molecular complexity index is 710. The van der Waals surface area contributed by atoms with Crippen LogP contribution >= 0.6 is 0 Å². The van der Waals surface area contributed by atoms with E-state index in [9.17, 15) is 4.79 Å². The molecule has 2 unspecified atom stereocenters. The number of allylic oxidation sites excluding steroid dienone is 4. The van der Waals surface area contributed by atoms with Crippen molar-refractivity contribution in [1.29, 1.82) is 5.26 Å². The second-order valence-electron chi connectivity index (χ2n) is 7.57. The highest BCUT2D eigenvalue weighted by Gasteiger charge is 2.25. The largest absolute Gasteiger partial charge is 0.468 e. The zero-order valence-corrected chi connectivity index (χ0v) is 18.1. The molecule has 0 fully saturated rings. The lowest BCUT2D eigenvalue weighted by Gasteiger charge is -2.11. The molecule has 2 rings (SSSR count). The first-order chi connectivity index (χ1) is 13.5. The molecule has 1 aliphatic carbocycles. The molecule has 0 saturated heterocycles. The molecule has 1 aliphatic rings. The average molecular weight is 382 g/mol. The third-order valence-corrected chi connectivity index (χ3v) is 5.51. The number of hydrogen-bond donors (Lipinski definition) is 0. The first-order valence-electron chi connectivity index (χ1n) is 10.4. The molecule has 152 valence electrons. The van der Waals surface area contributed by atoms with Crippen LogP contribution < -0.4 is 0 Å². The Labute approximate surface area is 171 Å². The van der Waals surface area contributed by atoms with Crippen molar-refractivity contribution >= 4 is 12.0 Å². The lowest BCUT2D eigenvalue weighted by molar-refractivity contribution is -0.130. The predicted molar refractivity (Wildman–Crippen MR) is 116 cm³/mol. The lowest BCUT2D eigenvalue weighted by Crippen LogP contribution is -2.07. The second kappa shape index (κ2) is 12.9. The number of carbonyl (C=O) groups excluding carboxylic acids is 1. The fourth-order valence-corrected chi connectivity index (χ4v) is 3.79. The van der Waals surface area contributed by atoms with E-state index in [1.807, 2.05) is 13.0 Å². The molecule has 28 heavy (non-hydrogen) atoms. The van der Waals surface area contributed by atoms with E-state index in [4.69, 9.17) is 10.00 Å². The highest BCUT2D eigenvalue weighted by Crippen LogP contribution is 2.42. The molecular formula is C25H35NO2. The number of benzene rings is 1. The molecule has 1 aromatic carbocycles. The molecule has 1 aromatic rings. The first kappa shape index (κ1) is 23.7. The van der Waals surface area contributed by atoms with E-state index in [2.05, 4.69) is 58.0 Å². The van der Waals surface area contributed by atoms with Crippen molar-refractivity contribution < 1.29 is 9.53 Å². The molecule has 3 heteroatoms. The highest BCUT2D eigenvalue weighted by atomic mass is 16.5. The fraction of sp³-hybridized carbons (Fsp3) is 0.520. The molecule has 0 amide bonds. The summed E-state index contributed by atoms with van der Waals surface area (Å²) in [5.41, 5.74) is 6.08. The maximum atomic E-state index is 9.88. The summed E-state index contributed by atoms with van der Waals surface area (Å²) < 4.78 is 4.70. The molecule has 0 heterocycles. The summed E-state index contributed by atoms with van der Waals surface area (Å²) in [5, 5.41) is 9.03. The van der Waals surface area contributed by atoms with E-state index in [0.29, 0.717) is 24.9 Å². The molecule has 0 spiro atoms. The Morgan fingerprint density at radius 2 is 2.00 bits per heavy atom. The number of nitrogens with zero attached hydrogens (tertiary/aromatic N) is 1. The Balaban J connectivity index is 0.000000311. The first-order valence-corrected chi connectivity index (χ1v) is 10.4. The van der Waals surface area contributed by atoms with E-state index in [0.717, 1.165) is 18.4 Å². The summed E-state index contributed by atoms with van der Waals surface area (Å²) in [4.78, 5) is 9.88. The van der Waals surface area contributed by atoms with Gasteiger partial charge in [0, 0.05) is 5.57 Å². The predicted octanol–water partition coefficient (Wildman–Crippen LogP) is 6.72. The van der Waals surface area contributed by atoms with Crippen LogP contribution in [-0.4, -0.2) is 13.1 Å². The Morgan fingerprint density at radius 3 is 2.54 bits per heavy atom. The van der Waals surface area contributed by atoms with Crippen LogP contribution in [0.25, 0.3) is 5.57 Å². The van der Waals surface area contributed by atoms with Crippen molar-refractivity contribution in [2.24, 2.45) is 11.8 Å². The smallest absolute Gasteiger partial charge is 0.293 e. The van der Waals surface area contributed by atoms with Gasteiger partial charge in [0.1, 0.15) is 0 Å². The van der Waals surface area contributed by atoms with Crippen molar-refractivity contribution in [2.45, 2.75) is 66.7 Å². The van der Waals surface area contributed by atoms with Crippen LogP contribution in [0.3, 0.4) is 0 Å². The van der Waals surface area contributed by atoms with Gasteiger partial charge in [-0.05, 0) is 60.8 Å². The van der Waals surface area contributed by atoms with Crippen molar-refractivity contribution in [3.63, 3.8) is 0 Å². The van der Waals surface area contributed by atoms with E-state index in [1.54, 1.807) is 0 Å². The third kappa shape index (κ3) is 7.00. The second-order valence-corrected chi connectivity index (χ2v) is 7.57. The minimum Gasteiger partial charge on any atom is -0.468 e. The number of unbranched alkanes of at least 4 members (excludes halogenated alkanes) is 1. The third-order valence-electron chi connectivity index (χ3n) is 5.51. The molecule has 0 saturated carbocycles. The maximum Gasteiger partial charge on any atom is 0.293 e. The van der Waals surface area contributed by atoms with Crippen molar-refractivity contribution in [1.82, 2.24) is 0 Å². The zero-order valence-electron chi connectivity index (χ0n) is 18.1. The van der Waals surface area contributed by atoms with Crippen LogP contribution in [0.15, 0.2) is 47.1 Å². The topological polar surface area (TPSA) is 50.1 Å². The Morgan fingerprint density at radius 1 is 1.32 bits per heavy atom. The fourth-order valence-electron chi connectivity index (χ4n) is 3.79. The van der Waals surface area contributed by atoms with Crippen LogP contribution in [0.2, 0.25) is 0 Å².